The van der Waals surface area contributed by atoms with E-state index in [0.29, 0.717) is 0 Å². The summed E-state index contributed by atoms with van der Waals surface area (Å²) in [5.41, 5.74) is 0. The van der Waals surface area contributed by atoms with Crippen molar-refractivity contribution in [3.63, 3.8) is 0 Å². The molecule has 1 aliphatic rings. The molecule has 0 aromatic carbocycles. The third-order valence-electron chi connectivity index (χ3n) is 2.29. The maximum absolute atomic E-state index is 5.30. The molecule has 1 atom stereocenters. The molecule has 0 aliphatic heterocycles. The molecule has 0 radical (unpaired) electrons. The van der Waals surface area contributed by atoms with Crippen molar-refractivity contribution in [2.24, 2.45) is 5.92 Å². The van der Waals surface area contributed by atoms with E-state index in [4.69, 9.17) is 4.74 Å². The monoisotopic (exact) mass is 171 g/mol. The lowest BCUT2D eigenvalue weighted by atomic mass is 10.1. The first-order valence-corrected chi connectivity index (χ1v) is 5.14. The summed E-state index contributed by atoms with van der Waals surface area (Å²) in [6.07, 6.45) is 3.96. The van der Waals surface area contributed by atoms with Crippen molar-refractivity contribution in [1.29, 1.82) is 0 Å². The lowest BCUT2D eigenvalue weighted by Gasteiger charge is -2.11. The molecule has 12 heavy (non-hydrogen) atoms. The first-order valence-electron chi connectivity index (χ1n) is 5.14. The minimum atomic E-state index is 0.761. The molecule has 1 rings (SSSR count). The number of hydrogen-bond donors (Lipinski definition) is 1. The predicted molar refractivity (Wildman–Crippen MR) is 51.3 cm³/mol. The summed E-state index contributed by atoms with van der Waals surface area (Å²) in [6.45, 7) is 7.27. The van der Waals surface area contributed by atoms with Crippen LogP contribution in [0.1, 0.15) is 33.1 Å². The lowest BCUT2D eigenvalue weighted by molar-refractivity contribution is 0.134. The molecule has 0 heterocycles. The van der Waals surface area contributed by atoms with Crippen molar-refractivity contribution in [1.82, 2.24) is 5.32 Å². The highest BCUT2D eigenvalue weighted by molar-refractivity contribution is 4.81. The van der Waals surface area contributed by atoms with E-state index in [1.807, 2.05) is 6.92 Å². The molecular weight excluding hydrogens is 150 g/mol. The van der Waals surface area contributed by atoms with Crippen LogP contribution in [0, 0.1) is 5.92 Å². The van der Waals surface area contributed by atoms with Gasteiger partial charge in [-0.3, -0.25) is 0 Å². The van der Waals surface area contributed by atoms with E-state index in [9.17, 15) is 0 Å². The third kappa shape index (κ3) is 4.73. The van der Waals surface area contributed by atoms with Crippen molar-refractivity contribution < 1.29 is 4.74 Å². The third-order valence-corrected chi connectivity index (χ3v) is 2.29. The highest BCUT2D eigenvalue weighted by Gasteiger charge is 2.20. The van der Waals surface area contributed by atoms with Crippen LogP contribution in [-0.4, -0.2) is 25.8 Å². The summed E-state index contributed by atoms with van der Waals surface area (Å²) < 4.78 is 5.30. The van der Waals surface area contributed by atoms with Crippen LogP contribution in [-0.2, 0) is 4.74 Å². The van der Waals surface area contributed by atoms with Gasteiger partial charge in [-0.15, -0.1) is 0 Å². The summed E-state index contributed by atoms with van der Waals surface area (Å²) in [6, 6.07) is 0.847. The molecule has 0 bridgehead atoms. The van der Waals surface area contributed by atoms with E-state index >= 15 is 0 Å². The molecule has 1 N–H and O–H groups in total. The Balaban J connectivity index is 1.84. The molecular formula is C10H21NO. The average Bonchev–Trinajstić information content (AvgIpc) is 2.84. The van der Waals surface area contributed by atoms with Gasteiger partial charge in [0.2, 0.25) is 0 Å². The molecule has 2 nitrogen and oxygen atoms in total. The van der Waals surface area contributed by atoms with Crippen LogP contribution >= 0.6 is 0 Å². The Morgan fingerprint density at radius 2 is 2.25 bits per heavy atom. The highest BCUT2D eigenvalue weighted by atomic mass is 16.5. The van der Waals surface area contributed by atoms with E-state index in [1.165, 1.54) is 19.3 Å². The molecule has 0 amide bonds. The Bertz CT molecular complexity index is 112. The van der Waals surface area contributed by atoms with Crippen LogP contribution in [0.4, 0.5) is 0 Å². The first kappa shape index (κ1) is 10.0. The Kier molecular flexibility index (Phi) is 4.62. The smallest absolute Gasteiger partial charge is 0.0468 e. The summed E-state index contributed by atoms with van der Waals surface area (Å²) in [5.74, 6) is 0.761. The zero-order valence-electron chi connectivity index (χ0n) is 8.31. The topological polar surface area (TPSA) is 21.3 Å². The SMILES string of the molecule is CCOCCC(C)CNC1CC1. The number of ether oxygens (including phenoxy) is 1. The van der Waals surface area contributed by atoms with Gasteiger partial charge in [0, 0.05) is 19.3 Å². The fraction of sp³-hybridized carbons (Fsp3) is 1.00. The Morgan fingerprint density at radius 1 is 1.50 bits per heavy atom. The molecule has 72 valence electrons. The van der Waals surface area contributed by atoms with Gasteiger partial charge in [-0.1, -0.05) is 6.92 Å². The van der Waals surface area contributed by atoms with Crippen molar-refractivity contribution >= 4 is 0 Å². The van der Waals surface area contributed by atoms with Crippen LogP contribution in [0.2, 0.25) is 0 Å². The van der Waals surface area contributed by atoms with Crippen molar-refractivity contribution in [2.75, 3.05) is 19.8 Å². The van der Waals surface area contributed by atoms with Crippen molar-refractivity contribution in [3.05, 3.63) is 0 Å². The van der Waals surface area contributed by atoms with Crippen LogP contribution in [0.5, 0.6) is 0 Å². The maximum Gasteiger partial charge on any atom is 0.0468 e. The van der Waals surface area contributed by atoms with Gasteiger partial charge >= 0.3 is 0 Å². The molecule has 0 saturated heterocycles. The Morgan fingerprint density at radius 3 is 2.83 bits per heavy atom. The summed E-state index contributed by atoms with van der Waals surface area (Å²) in [4.78, 5) is 0. The zero-order valence-corrected chi connectivity index (χ0v) is 8.31. The fourth-order valence-corrected chi connectivity index (χ4v) is 1.19. The fourth-order valence-electron chi connectivity index (χ4n) is 1.19. The number of hydrogen-bond acceptors (Lipinski definition) is 2. The molecule has 1 fully saturated rings. The lowest BCUT2D eigenvalue weighted by Crippen LogP contribution is -2.23. The van der Waals surface area contributed by atoms with E-state index in [0.717, 1.165) is 31.7 Å². The van der Waals surface area contributed by atoms with Gasteiger partial charge in [-0.25, -0.2) is 0 Å². The second-order valence-electron chi connectivity index (χ2n) is 3.77. The second-order valence-corrected chi connectivity index (χ2v) is 3.77. The molecule has 0 aromatic rings. The first-order chi connectivity index (χ1) is 5.83. The zero-order chi connectivity index (χ0) is 8.81. The minimum absolute atomic E-state index is 0.761. The van der Waals surface area contributed by atoms with Crippen molar-refractivity contribution in [2.45, 2.75) is 39.2 Å². The van der Waals surface area contributed by atoms with Gasteiger partial charge in [0.05, 0.1) is 0 Å². The van der Waals surface area contributed by atoms with E-state index < -0.39 is 0 Å². The van der Waals surface area contributed by atoms with E-state index in [-0.39, 0.29) is 0 Å². The quantitative estimate of drug-likeness (QED) is 0.590. The average molecular weight is 171 g/mol. The van der Waals surface area contributed by atoms with Crippen molar-refractivity contribution in [3.8, 4) is 0 Å². The minimum Gasteiger partial charge on any atom is -0.382 e. The molecule has 1 saturated carbocycles. The van der Waals surface area contributed by atoms with E-state index in [1.54, 1.807) is 0 Å². The summed E-state index contributed by atoms with van der Waals surface area (Å²) >= 11 is 0. The number of rotatable bonds is 7. The van der Waals surface area contributed by atoms with Gasteiger partial charge in [0.15, 0.2) is 0 Å². The van der Waals surface area contributed by atoms with E-state index in [2.05, 4.69) is 12.2 Å². The van der Waals surface area contributed by atoms with Crippen LogP contribution < -0.4 is 5.32 Å². The van der Waals surface area contributed by atoms with Gasteiger partial charge in [-0.05, 0) is 38.6 Å². The van der Waals surface area contributed by atoms with Gasteiger partial charge in [-0.2, -0.15) is 0 Å². The molecule has 1 aliphatic carbocycles. The standard InChI is InChI=1S/C10H21NO/c1-3-12-7-6-9(2)8-11-10-4-5-10/h9-11H,3-8H2,1-2H3. The second kappa shape index (κ2) is 5.55. The Hall–Kier alpha value is -0.0800. The number of nitrogens with one attached hydrogen (secondary N) is 1. The predicted octanol–water partition coefficient (Wildman–Crippen LogP) is 1.80. The van der Waals surface area contributed by atoms with Crippen LogP contribution in [0.15, 0.2) is 0 Å². The summed E-state index contributed by atoms with van der Waals surface area (Å²) in [7, 11) is 0. The van der Waals surface area contributed by atoms with Crippen LogP contribution in [0.25, 0.3) is 0 Å². The Labute approximate surface area is 75.7 Å². The van der Waals surface area contributed by atoms with Gasteiger partial charge < -0.3 is 10.1 Å². The normalized spacial score (nSPS) is 19.5. The molecule has 2 heteroatoms. The molecule has 1 unspecified atom stereocenters. The summed E-state index contributed by atoms with van der Waals surface area (Å²) in [5, 5.41) is 3.53. The van der Waals surface area contributed by atoms with Gasteiger partial charge in [0.25, 0.3) is 0 Å². The molecule has 0 spiro atoms. The largest absolute Gasteiger partial charge is 0.382 e. The maximum atomic E-state index is 5.30. The molecule has 0 aromatic heterocycles. The highest BCUT2D eigenvalue weighted by Crippen LogP contribution is 2.19. The van der Waals surface area contributed by atoms with Crippen LogP contribution in [0.3, 0.4) is 0 Å². The van der Waals surface area contributed by atoms with Gasteiger partial charge in [0.1, 0.15) is 0 Å².